The summed E-state index contributed by atoms with van der Waals surface area (Å²) in [5.74, 6) is -1.16. The number of ketones is 1. The summed E-state index contributed by atoms with van der Waals surface area (Å²) in [6, 6.07) is 18.8. The number of aryl methyl sites for hydroxylation is 1. The van der Waals surface area contributed by atoms with Crippen molar-refractivity contribution < 1.29 is 24.2 Å². The molecule has 3 aromatic rings. The lowest BCUT2D eigenvalue weighted by Gasteiger charge is -2.26. The first kappa shape index (κ1) is 26.7. The minimum atomic E-state index is -0.836. The number of aliphatic hydroxyl groups is 1. The van der Waals surface area contributed by atoms with E-state index < -0.39 is 17.7 Å². The topological polar surface area (TPSA) is 95.9 Å². The van der Waals surface area contributed by atoms with E-state index in [1.807, 2.05) is 45.0 Å². The molecule has 1 atom stereocenters. The van der Waals surface area contributed by atoms with Gasteiger partial charge in [-0.25, -0.2) is 0 Å². The maximum absolute atomic E-state index is 13.5. The van der Waals surface area contributed by atoms with E-state index in [0.717, 1.165) is 17.5 Å². The lowest BCUT2D eigenvalue weighted by atomic mass is 9.92. The molecule has 1 fully saturated rings. The number of carbonyl (C=O) groups excluding carboxylic acids is 3. The monoisotopic (exact) mass is 512 g/mol. The second-order valence-corrected chi connectivity index (χ2v) is 9.60. The predicted octanol–water partition coefficient (Wildman–Crippen LogP) is 5.97. The van der Waals surface area contributed by atoms with Crippen LogP contribution in [0.3, 0.4) is 0 Å². The highest BCUT2D eigenvalue weighted by Gasteiger charge is 2.47. The Bertz CT molecular complexity index is 1410. The van der Waals surface area contributed by atoms with Crippen molar-refractivity contribution in [2.24, 2.45) is 0 Å². The smallest absolute Gasteiger partial charge is 0.300 e. The highest BCUT2D eigenvalue weighted by Crippen LogP contribution is 2.43. The molecule has 1 aliphatic heterocycles. The number of hydrogen-bond donors (Lipinski definition) is 2. The molecular weight excluding hydrogens is 480 g/mol. The molecule has 0 aromatic heterocycles. The fourth-order valence-corrected chi connectivity index (χ4v) is 4.75. The summed E-state index contributed by atoms with van der Waals surface area (Å²) in [7, 11) is 1.59. The minimum Gasteiger partial charge on any atom is -0.507 e. The van der Waals surface area contributed by atoms with Gasteiger partial charge in [0, 0.05) is 23.9 Å². The molecule has 1 unspecified atom stereocenters. The zero-order valence-corrected chi connectivity index (χ0v) is 22.2. The Hall–Kier alpha value is -4.39. The maximum Gasteiger partial charge on any atom is 0.300 e. The Morgan fingerprint density at radius 3 is 2.24 bits per heavy atom. The molecule has 2 amide bonds. The van der Waals surface area contributed by atoms with Gasteiger partial charge in [-0.2, -0.15) is 0 Å². The Kier molecular flexibility index (Phi) is 7.67. The first-order valence-corrected chi connectivity index (χ1v) is 12.6. The normalized spacial score (nSPS) is 16.7. The molecule has 1 aliphatic rings. The van der Waals surface area contributed by atoms with Gasteiger partial charge < -0.3 is 15.2 Å². The van der Waals surface area contributed by atoms with Crippen molar-refractivity contribution >= 4 is 34.7 Å². The van der Waals surface area contributed by atoms with E-state index in [4.69, 9.17) is 4.74 Å². The number of aliphatic hydroxyl groups excluding tert-OH is 1. The third-order valence-electron chi connectivity index (χ3n) is 6.74. The Morgan fingerprint density at radius 1 is 1.03 bits per heavy atom. The van der Waals surface area contributed by atoms with E-state index >= 15 is 0 Å². The number of rotatable bonds is 7. The maximum atomic E-state index is 13.5. The summed E-state index contributed by atoms with van der Waals surface area (Å²) in [5.41, 5.74) is 4.19. The van der Waals surface area contributed by atoms with Crippen LogP contribution in [-0.2, 0) is 20.8 Å². The van der Waals surface area contributed by atoms with E-state index in [1.165, 1.54) is 11.8 Å². The quantitative estimate of drug-likeness (QED) is 0.231. The molecule has 0 radical (unpaired) electrons. The zero-order chi connectivity index (χ0) is 27.6. The molecule has 7 heteroatoms. The average molecular weight is 513 g/mol. The van der Waals surface area contributed by atoms with Crippen LogP contribution in [0.1, 0.15) is 61.9 Å². The summed E-state index contributed by atoms with van der Waals surface area (Å²) >= 11 is 0. The second-order valence-electron chi connectivity index (χ2n) is 9.60. The van der Waals surface area contributed by atoms with Crippen LogP contribution in [0.5, 0.6) is 5.75 Å². The Morgan fingerprint density at radius 2 is 1.68 bits per heavy atom. The zero-order valence-electron chi connectivity index (χ0n) is 22.2. The van der Waals surface area contributed by atoms with Crippen molar-refractivity contribution in [1.29, 1.82) is 0 Å². The fourth-order valence-electron chi connectivity index (χ4n) is 4.75. The van der Waals surface area contributed by atoms with Gasteiger partial charge in [-0.05, 0) is 71.5 Å². The van der Waals surface area contributed by atoms with Crippen LogP contribution in [0.4, 0.5) is 11.4 Å². The third-order valence-corrected chi connectivity index (χ3v) is 6.74. The molecule has 0 aliphatic carbocycles. The molecule has 7 nitrogen and oxygen atoms in total. The van der Waals surface area contributed by atoms with Gasteiger partial charge in [0.15, 0.2) is 0 Å². The van der Waals surface area contributed by atoms with Crippen LogP contribution in [-0.4, -0.2) is 29.8 Å². The van der Waals surface area contributed by atoms with Crippen LogP contribution in [0.25, 0.3) is 5.76 Å². The van der Waals surface area contributed by atoms with Crippen molar-refractivity contribution in [2.75, 3.05) is 17.3 Å². The van der Waals surface area contributed by atoms with Gasteiger partial charge in [0.2, 0.25) is 5.91 Å². The van der Waals surface area contributed by atoms with E-state index in [9.17, 15) is 19.5 Å². The number of nitrogens with one attached hydrogen (secondary N) is 1. The van der Waals surface area contributed by atoms with Crippen molar-refractivity contribution in [3.05, 3.63) is 94.6 Å². The van der Waals surface area contributed by atoms with Crippen LogP contribution in [0.15, 0.2) is 72.3 Å². The van der Waals surface area contributed by atoms with E-state index in [-0.39, 0.29) is 23.2 Å². The molecular formula is C31H32N2O5. The summed E-state index contributed by atoms with van der Waals surface area (Å²) in [6.45, 7) is 7.49. The standard InChI is InChI=1S/C31H32N2O5/c1-6-20-7-9-21(10-8-20)28-27(29(35)22-11-16-26(38-5)25(17-22)18(2)3)30(36)31(37)33(28)24-14-12-23(13-15-24)32-19(4)34/h7-18,28,35H,6H2,1-5H3,(H,32,34)/b29-27-. The number of carbonyl (C=O) groups is 3. The summed E-state index contributed by atoms with van der Waals surface area (Å²) in [5, 5.41) is 14.2. The van der Waals surface area contributed by atoms with Crippen molar-refractivity contribution in [3.8, 4) is 5.75 Å². The molecule has 0 saturated carbocycles. The molecule has 1 heterocycles. The van der Waals surface area contributed by atoms with Gasteiger partial charge in [0.1, 0.15) is 11.5 Å². The lowest BCUT2D eigenvalue weighted by molar-refractivity contribution is -0.132. The van der Waals surface area contributed by atoms with E-state index in [0.29, 0.717) is 28.3 Å². The van der Waals surface area contributed by atoms with Gasteiger partial charge >= 0.3 is 0 Å². The number of anilines is 2. The molecule has 0 bridgehead atoms. The first-order valence-electron chi connectivity index (χ1n) is 12.6. The number of nitrogens with zero attached hydrogens (tertiary/aromatic N) is 1. The van der Waals surface area contributed by atoms with Gasteiger partial charge in [-0.3, -0.25) is 19.3 Å². The van der Waals surface area contributed by atoms with E-state index in [2.05, 4.69) is 5.32 Å². The van der Waals surface area contributed by atoms with Crippen molar-refractivity contribution in [2.45, 2.75) is 46.1 Å². The van der Waals surface area contributed by atoms with Crippen LogP contribution < -0.4 is 15.0 Å². The number of benzene rings is 3. The van der Waals surface area contributed by atoms with Crippen LogP contribution in [0.2, 0.25) is 0 Å². The van der Waals surface area contributed by atoms with Crippen LogP contribution in [0, 0.1) is 0 Å². The van der Waals surface area contributed by atoms with Crippen molar-refractivity contribution in [1.82, 2.24) is 0 Å². The lowest BCUT2D eigenvalue weighted by Crippen LogP contribution is -2.29. The molecule has 4 rings (SSSR count). The third kappa shape index (κ3) is 5.05. The van der Waals surface area contributed by atoms with Crippen molar-refractivity contribution in [3.63, 3.8) is 0 Å². The van der Waals surface area contributed by atoms with Gasteiger partial charge in [-0.1, -0.05) is 45.0 Å². The molecule has 196 valence electrons. The molecule has 3 aromatic carbocycles. The van der Waals surface area contributed by atoms with Gasteiger partial charge in [-0.15, -0.1) is 0 Å². The largest absolute Gasteiger partial charge is 0.507 e. The molecule has 0 spiro atoms. The Balaban J connectivity index is 1.89. The number of amides is 2. The predicted molar refractivity (Wildman–Crippen MR) is 148 cm³/mol. The average Bonchev–Trinajstić information content (AvgIpc) is 3.18. The number of hydrogen-bond acceptors (Lipinski definition) is 5. The molecule has 1 saturated heterocycles. The molecule has 38 heavy (non-hydrogen) atoms. The Labute approximate surface area is 222 Å². The number of methoxy groups -OCH3 is 1. The summed E-state index contributed by atoms with van der Waals surface area (Å²) in [6.07, 6.45) is 0.842. The van der Waals surface area contributed by atoms with Gasteiger partial charge in [0.05, 0.1) is 18.7 Å². The second kappa shape index (κ2) is 10.9. The highest BCUT2D eigenvalue weighted by atomic mass is 16.5. The SMILES string of the molecule is CCc1ccc(C2/C(=C(/O)c3ccc(OC)c(C(C)C)c3)C(=O)C(=O)N2c2ccc(NC(C)=O)cc2)cc1. The number of Topliss-reactive ketones (excluding diaryl/α,β-unsaturated/α-hetero) is 1. The van der Waals surface area contributed by atoms with E-state index in [1.54, 1.807) is 49.6 Å². The minimum absolute atomic E-state index is 0.0186. The van der Waals surface area contributed by atoms with Crippen LogP contribution >= 0.6 is 0 Å². The highest BCUT2D eigenvalue weighted by molar-refractivity contribution is 6.51. The molecule has 2 N–H and O–H groups in total. The fraction of sp³-hybridized carbons (Fsp3) is 0.258. The summed E-state index contributed by atoms with van der Waals surface area (Å²) < 4.78 is 5.47. The number of ether oxygens (including phenoxy) is 1. The first-order chi connectivity index (χ1) is 18.2. The van der Waals surface area contributed by atoms with Gasteiger partial charge in [0.25, 0.3) is 11.7 Å². The summed E-state index contributed by atoms with van der Waals surface area (Å²) in [4.78, 5) is 39.8.